The molecule has 0 spiro atoms. The Hall–Kier alpha value is -1.56. The van der Waals surface area contributed by atoms with Gasteiger partial charge in [0.2, 0.25) is 5.88 Å². The Kier molecular flexibility index (Phi) is 5.15. The van der Waals surface area contributed by atoms with Crippen LogP contribution in [0.15, 0.2) is 0 Å². The molecule has 1 N–H and O–H groups in total. The van der Waals surface area contributed by atoms with Crippen LogP contribution in [0.1, 0.15) is 29.9 Å². The first-order valence-electron chi connectivity index (χ1n) is 5.91. The Morgan fingerprint density at radius 2 is 2.11 bits per heavy atom. The third kappa shape index (κ3) is 3.73. The van der Waals surface area contributed by atoms with Gasteiger partial charge in [0.05, 0.1) is 12.3 Å². The van der Waals surface area contributed by atoms with E-state index in [1.165, 1.54) is 4.68 Å². The van der Waals surface area contributed by atoms with Gasteiger partial charge in [-0.1, -0.05) is 13.8 Å². The van der Waals surface area contributed by atoms with E-state index in [-0.39, 0.29) is 11.4 Å². The van der Waals surface area contributed by atoms with Crippen LogP contribution in [0.3, 0.4) is 0 Å². The number of aromatic carboxylic acids is 1. The fourth-order valence-electron chi connectivity index (χ4n) is 1.57. The molecule has 0 saturated carbocycles. The molecule has 0 atom stereocenters. The van der Waals surface area contributed by atoms with E-state index in [1.54, 1.807) is 14.0 Å². The molecule has 1 rings (SSSR count). The van der Waals surface area contributed by atoms with Crippen molar-refractivity contribution in [3.63, 3.8) is 0 Å². The van der Waals surface area contributed by atoms with Gasteiger partial charge in [-0.15, -0.1) is 0 Å². The summed E-state index contributed by atoms with van der Waals surface area (Å²) >= 11 is 0. The van der Waals surface area contributed by atoms with Crippen LogP contribution in [0, 0.1) is 12.8 Å². The molecule has 0 aliphatic rings. The van der Waals surface area contributed by atoms with Gasteiger partial charge in [-0.25, -0.2) is 9.48 Å². The van der Waals surface area contributed by atoms with Crippen molar-refractivity contribution >= 4 is 5.97 Å². The first kappa shape index (κ1) is 14.5. The van der Waals surface area contributed by atoms with E-state index >= 15 is 0 Å². The van der Waals surface area contributed by atoms with Crippen molar-refractivity contribution in [1.29, 1.82) is 0 Å². The summed E-state index contributed by atoms with van der Waals surface area (Å²) in [5, 5.41) is 13.1. The maximum absolute atomic E-state index is 11.1. The van der Waals surface area contributed by atoms with Crippen LogP contribution in [0.5, 0.6) is 5.88 Å². The van der Waals surface area contributed by atoms with Gasteiger partial charge >= 0.3 is 5.97 Å². The van der Waals surface area contributed by atoms with Gasteiger partial charge < -0.3 is 14.6 Å². The van der Waals surface area contributed by atoms with Crippen LogP contribution in [0.2, 0.25) is 0 Å². The number of ether oxygens (including phenoxy) is 2. The zero-order valence-corrected chi connectivity index (χ0v) is 11.3. The lowest BCUT2D eigenvalue weighted by Gasteiger charge is -2.09. The third-order valence-corrected chi connectivity index (χ3v) is 2.30. The standard InChI is InChI=1S/C12H20N2O4/c1-8(2)7-17-5-6-18-11-10(12(15)16)9(3)13-14(11)4/h8H,5-7H2,1-4H3,(H,15,16). The SMILES string of the molecule is Cc1nn(C)c(OCCOCC(C)C)c1C(=O)O. The summed E-state index contributed by atoms with van der Waals surface area (Å²) in [7, 11) is 1.66. The second-order valence-corrected chi connectivity index (χ2v) is 4.51. The summed E-state index contributed by atoms with van der Waals surface area (Å²) < 4.78 is 12.2. The van der Waals surface area contributed by atoms with Gasteiger partial charge in [0.1, 0.15) is 12.2 Å². The number of hydrogen-bond donors (Lipinski definition) is 1. The van der Waals surface area contributed by atoms with E-state index in [1.807, 2.05) is 0 Å². The minimum Gasteiger partial charge on any atom is -0.477 e. The van der Waals surface area contributed by atoms with Crippen LogP contribution >= 0.6 is 0 Å². The molecule has 0 bridgehead atoms. The van der Waals surface area contributed by atoms with Gasteiger partial charge in [-0.05, 0) is 12.8 Å². The van der Waals surface area contributed by atoms with Gasteiger partial charge in [0, 0.05) is 13.7 Å². The van der Waals surface area contributed by atoms with E-state index in [9.17, 15) is 4.79 Å². The molecule has 6 heteroatoms. The molecule has 1 aromatic rings. The highest BCUT2D eigenvalue weighted by Crippen LogP contribution is 2.20. The maximum Gasteiger partial charge on any atom is 0.343 e. The van der Waals surface area contributed by atoms with Crippen LogP contribution < -0.4 is 4.74 Å². The molecule has 102 valence electrons. The Labute approximate surface area is 107 Å². The topological polar surface area (TPSA) is 73.6 Å². The summed E-state index contributed by atoms with van der Waals surface area (Å²) in [6.07, 6.45) is 0. The number of aryl methyl sites for hydroxylation is 2. The molecular formula is C12H20N2O4. The smallest absolute Gasteiger partial charge is 0.343 e. The predicted octanol–water partition coefficient (Wildman–Crippen LogP) is 1.48. The lowest BCUT2D eigenvalue weighted by atomic mass is 10.2. The molecule has 0 aromatic carbocycles. The van der Waals surface area contributed by atoms with Gasteiger partial charge in [-0.2, -0.15) is 5.10 Å². The summed E-state index contributed by atoms with van der Waals surface area (Å²) in [4.78, 5) is 11.1. The third-order valence-electron chi connectivity index (χ3n) is 2.30. The number of carboxylic acids is 1. The molecular weight excluding hydrogens is 236 g/mol. The average molecular weight is 256 g/mol. The molecule has 1 aromatic heterocycles. The molecule has 0 unspecified atom stereocenters. The molecule has 0 amide bonds. The number of aromatic nitrogens is 2. The molecule has 6 nitrogen and oxygen atoms in total. The largest absolute Gasteiger partial charge is 0.477 e. The zero-order chi connectivity index (χ0) is 13.7. The van der Waals surface area contributed by atoms with E-state index in [2.05, 4.69) is 18.9 Å². The number of nitrogens with zero attached hydrogens (tertiary/aromatic N) is 2. The van der Waals surface area contributed by atoms with Crippen molar-refractivity contribution < 1.29 is 19.4 Å². The van der Waals surface area contributed by atoms with Crippen molar-refractivity contribution in [2.75, 3.05) is 19.8 Å². The Morgan fingerprint density at radius 3 is 2.67 bits per heavy atom. The molecule has 0 aliphatic carbocycles. The summed E-state index contributed by atoms with van der Waals surface area (Å²) in [5.74, 6) is -0.287. The van der Waals surface area contributed by atoms with Crippen LogP contribution in [-0.2, 0) is 11.8 Å². The van der Waals surface area contributed by atoms with Crippen molar-refractivity contribution in [2.45, 2.75) is 20.8 Å². The fourth-order valence-corrected chi connectivity index (χ4v) is 1.57. The fraction of sp³-hybridized carbons (Fsp3) is 0.667. The van der Waals surface area contributed by atoms with Crippen molar-refractivity contribution in [1.82, 2.24) is 9.78 Å². The van der Waals surface area contributed by atoms with E-state index < -0.39 is 5.97 Å². The summed E-state index contributed by atoms with van der Waals surface area (Å²) in [6.45, 7) is 7.18. The first-order chi connectivity index (χ1) is 8.43. The van der Waals surface area contributed by atoms with Gasteiger partial charge in [0.25, 0.3) is 0 Å². The Morgan fingerprint density at radius 1 is 1.44 bits per heavy atom. The summed E-state index contributed by atoms with van der Waals surface area (Å²) in [5.41, 5.74) is 0.560. The highest BCUT2D eigenvalue weighted by atomic mass is 16.5. The first-order valence-corrected chi connectivity index (χ1v) is 5.91. The maximum atomic E-state index is 11.1. The highest BCUT2D eigenvalue weighted by molar-refractivity contribution is 5.91. The summed E-state index contributed by atoms with van der Waals surface area (Å²) in [6, 6.07) is 0. The molecule has 18 heavy (non-hydrogen) atoms. The number of carboxylic acid groups (broad SMARTS) is 1. The quantitative estimate of drug-likeness (QED) is 0.748. The van der Waals surface area contributed by atoms with Crippen LogP contribution in [0.4, 0.5) is 0 Å². The minimum atomic E-state index is -1.03. The lowest BCUT2D eigenvalue weighted by Crippen LogP contribution is -2.13. The number of carbonyl (C=O) groups is 1. The van der Waals surface area contributed by atoms with Crippen molar-refractivity contribution in [2.24, 2.45) is 13.0 Å². The Balaban J connectivity index is 2.54. The van der Waals surface area contributed by atoms with Crippen molar-refractivity contribution in [3.05, 3.63) is 11.3 Å². The van der Waals surface area contributed by atoms with E-state index in [0.29, 0.717) is 31.4 Å². The monoisotopic (exact) mass is 256 g/mol. The van der Waals surface area contributed by atoms with Crippen LogP contribution in [0.25, 0.3) is 0 Å². The van der Waals surface area contributed by atoms with E-state index in [0.717, 1.165) is 0 Å². The molecule has 0 saturated heterocycles. The minimum absolute atomic E-state index is 0.112. The number of rotatable bonds is 7. The second-order valence-electron chi connectivity index (χ2n) is 4.51. The van der Waals surface area contributed by atoms with Gasteiger partial charge in [-0.3, -0.25) is 0 Å². The van der Waals surface area contributed by atoms with Gasteiger partial charge in [0.15, 0.2) is 0 Å². The Bertz CT molecular complexity index is 412. The number of hydrogen-bond acceptors (Lipinski definition) is 4. The predicted molar refractivity (Wildman–Crippen MR) is 66.1 cm³/mol. The second kappa shape index (κ2) is 6.39. The van der Waals surface area contributed by atoms with E-state index in [4.69, 9.17) is 14.6 Å². The van der Waals surface area contributed by atoms with Crippen molar-refractivity contribution in [3.8, 4) is 5.88 Å². The average Bonchev–Trinajstić information content (AvgIpc) is 2.52. The van der Waals surface area contributed by atoms with Crippen LogP contribution in [-0.4, -0.2) is 40.7 Å². The molecule has 0 fully saturated rings. The highest BCUT2D eigenvalue weighted by Gasteiger charge is 2.20. The molecule has 0 aliphatic heterocycles. The normalized spacial score (nSPS) is 10.9. The zero-order valence-electron chi connectivity index (χ0n) is 11.3. The molecule has 0 radical (unpaired) electrons. The molecule has 1 heterocycles. The lowest BCUT2D eigenvalue weighted by molar-refractivity contribution is 0.0672.